The molecule has 2 atom stereocenters. The Kier molecular flexibility index (Phi) is 4.91. The molecule has 2 aliphatic heterocycles. The molecule has 7 heteroatoms. The van der Waals surface area contributed by atoms with Crippen molar-refractivity contribution in [1.82, 2.24) is 4.90 Å². The second kappa shape index (κ2) is 7.60. The highest BCUT2D eigenvalue weighted by atomic mass is 16.7. The normalized spacial score (nSPS) is 26.7. The molecule has 3 amide bonds. The van der Waals surface area contributed by atoms with E-state index in [9.17, 15) is 14.4 Å². The first-order chi connectivity index (χ1) is 14.5. The smallest absolute Gasteiger partial charge is 0.251 e. The van der Waals surface area contributed by atoms with Crippen LogP contribution >= 0.6 is 0 Å². The minimum atomic E-state index is -0.545. The van der Waals surface area contributed by atoms with Gasteiger partial charge in [0.15, 0.2) is 11.5 Å². The van der Waals surface area contributed by atoms with Gasteiger partial charge in [0, 0.05) is 37.6 Å². The van der Waals surface area contributed by atoms with E-state index in [2.05, 4.69) is 5.32 Å². The van der Waals surface area contributed by atoms with Gasteiger partial charge in [-0.15, -0.1) is 0 Å². The average molecular weight is 412 g/mol. The summed E-state index contributed by atoms with van der Waals surface area (Å²) in [5, 5.41) is 2.86. The van der Waals surface area contributed by atoms with E-state index in [4.69, 9.17) is 9.47 Å². The number of amides is 3. The molecule has 1 spiro atoms. The second-order valence-electron chi connectivity index (χ2n) is 8.96. The number of carbonyl (C=O) groups excluding carboxylic acids is 3. The molecule has 2 heterocycles. The number of likely N-dealkylation sites (tertiary alicyclic amines) is 1. The molecule has 2 aliphatic carbocycles. The molecular weight excluding hydrogens is 384 g/mol. The third-order valence-electron chi connectivity index (χ3n) is 6.93. The van der Waals surface area contributed by atoms with E-state index in [0.717, 1.165) is 51.4 Å². The van der Waals surface area contributed by atoms with Crippen molar-refractivity contribution in [3.05, 3.63) is 18.2 Å². The Morgan fingerprint density at radius 2 is 1.63 bits per heavy atom. The van der Waals surface area contributed by atoms with E-state index in [-0.39, 0.29) is 42.5 Å². The molecular formula is C23H28N2O5. The molecule has 2 saturated carbocycles. The number of carbonyl (C=O) groups is 3. The maximum atomic E-state index is 12.5. The monoisotopic (exact) mass is 412 g/mol. The zero-order chi connectivity index (χ0) is 20.7. The van der Waals surface area contributed by atoms with Gasteiger partial charge >= 0.3 is 0 Å². The van der Waals surface area contributed by atoms with E-state index < -0.39 is 5.79 Å². The van der Waals surface area contributed by atoms with Gasteiger partial charge in [-0.3, -0.25) is 19.3 Å². The topological polar surface area (TPSA) is 84.9 Å². The highest BCUT2D eigenvalue weighted by Gasteiger charge is 2.48. The van der Waals surface area contributed by atoms with Crippen molar-refractivity contribution in [2.45, 2.75) is 70.0 Å². The SMILES string of the molecule is O=C(CCN1C(=O)C2CCCCC2C1=O)Nc1ccc2c(c1)OC1(CCCCC1)O2. The molecule has 0 aromatic heterocycles. The highest BCUT2D eigenvalue weighted by molar-refractivity contribution is 6.05. The molecule has 1 saturated heterocycles. The fraction of sp³-hybridized carbons (Fsp3) is 0.609. The van der Waals surface area contributed by atoms with E-state index in [1.54, 1.807) is 12.1 Å². The summed E-state index contributed by atoms with van der Waals surface area (Å²) < 4.78 is 12.2. The highest BCUT2D eigenvalue weighted by Crippen LogP contribution is 2.46. The largest absolute Gasteiger partial charge is 0.448 e. The van der Waals surface area contributed by atoms with Gasteiger partial charge in [0.25, 0.3) is 5.79 Å². The molecule has 1 aromatic rings. The van der Waals surface area contributed by atoms with Gasteiger partial charge in [0.2, 0.25) is 17.7 Å². The van der Waals surface area contributed by atoms with Crippen LogP contribution in [0.25, 0.3) is 0 Å². The first-order valence-electron chi connectivity index (χ1n) is 11.2. The van der Waals surface area contributed by atoms with E-state index in [1.165, 1.54) is 11.3 Å². The standard InChI is InChI=1S/C23H28N2O5/c26-20(10-13-25-21(27)16-6-2-3-7-17(16)22(25)28)24-15-8-9-18-19(14-15)30-23(29-18)11-4-1-5-12-23/h8-9,14,16-17H,1-7,10-13H2,(H,24,26). The number of rotatable bonds is 4. The molecule has 4 aliphatic rings. The van der Waals surface area contributed by atoms with Crippen molar-refractivity contribution < 1.29 is 23.9 Å². The Labute approximate surface area is 176 Å². The second-order valence-corrected chi connectivity index (χ2v) is 8.96. The van der Waals surface area contributed by atoms with Crippen LogP contribution in [0.15, 0.2) is 18.2 Å². The van der Waals surface area contributed by atoms with Crippen LogP contribution in [0.5, 0.6) is 11.5 Å². The first-order valence-corrected chi connectivity index (χ1v) is 11.2. The van der Waals surface area contributed by atoms with Gasteiger partial charge in [0.1, 0.15) is 0 Å². The molecule has 7 nitrogen and oxygen atoms in total. The Bertz CT molecular complexity index is 852. The van der Waals surface area contributed by atoms with Crippen LogP contribution in [0.3, 0.4) is 0 Å². The zero-order valence-electron chi connectivity index (χ0n) is 17.2. The number of hydrogen-bond acceptors (Lipinski definition) is 5. The van der Waals surface area contributed by atoms with E-state index in [0.29, 0.717) is 17.2 Å². The molecule has 3 fully saturated rings. The van der Waals surface area contributed by atoms with Crippen LogP contribution in [0, 0.1) is 11.8 Å². The fourth-order valence-electron chi connectivity index (χ4n) is 5.35. The van der Waals surface area contributed by atoms with Crippen LogP contribution in [0.1, 0.15) is 64.2 Å². The van der Waals surface area contributed by atoms with Gasteiger partial charge in [-0.25, -0.2) is 0 Å². The lowest BCUT2D eigenvalue weighted by molar-refractivity contribution is -0.140. The molecule has 5 rings (SSSR count). The number of nitrogens with zero attached hydrogens (tertiary/aromatic N) is 1. The summed E-state index contributed by atoms with van der Waals surface area (Å²) in [7, 11) is 0. The van der Waals surface area contributed by atoms with Crippen LogP contribution in [-0.4, -0.2) is 35.0 Å². The van der Waals surface area contributed by atoms with Crippen LogP contribution in [-0.2, 0) is 14.4 Å². The minimum Gasteiger partial charge on any atom is -0.448 e. The summed E-state index contributed by atoms with van der Waals surface area (Å²) in [5.41, 5.74) is 0.628. The summed E-state index contributed by atoms with van der Waals surface area (Å²) in [6, 6.07) is 5.41. The molecule has 0 bridgehead atoms. The number of fused-ring (bicyclic) bond motifs is 2. The number of benzene rings is 1. The van der Waals surface area contributed by atoms with Gasteiger partial charge in [0.05, 0.1) is 11.8 Å². The minimum absolute atomic E-state index is 0.0926. The van der Waals surface area contributed by atoms with Gasteiger partial charge in [-0.1, -0.05) is 19.3 Å². The van der Waals surface area contributed by atoms with Gasteiger partial charge in [-0.05, 0) is 37.8 Å². The molecule has 2 unspecified atom stereocenters. The fourth-order valence-corrected chi connectivity index (χ4v) is 5.35. The molecule has 160 valence electrons. The predicted molar refractivity (Wildman–Crippen MR) is 109 cm³/mol. The van der Waals surface area contributed by atoms with Crippen LogP contribution in [0.4, 0.5) is 5.69 Å². The zero-order valence-corrected chi connectivity index (χ0v) is 17.2. The third kappa shape index (κ3) is 3.44. The maximum absolute atomic E-state index is 12.5. The molecule has 1 N–H and O–H groups in total. The number of ether oxygens (including phenoxy) is 2. The van der Waals surface area contributed by atoms with Crippen molar-refractivity contribution in [2.24, 2.45) is 11.8 Å². The lowest BCUT2D eigenvalue weighted by Gasteiger charge is -2.31. The Morgan fingerprint density at radius 1 is 0.967 bits per heavy atom. The average Bonchev–Trinajstić information content (AvgIpc) is 3.21. The van der Waals surface area contributed by atoms with Crippen LogP contribution in [0.2, 0.25) is 0 Å². The third-order valence-corrected chi connectivity index (χ3v) is 6.93. The Balaban J connectivity index is 1.18. The van der Waals surface area contributed by atoms with Gasteiger partial charge in [-0.2, -0.15) is 0 Å². The Morgan fingerprint density at radius 3 is 2.33 bits per heavy atom. The number of anilines is 1. The number of hydrogen-bond donors (Lipinski definition) is 1. The number of nitrogens with one attached hydrogen (secondary N) is 1. The van der Waals surface area contributed by atoms with Crippen molar-refractivity contribution >= 4 is 23.4 Å². The maximum Gasteiger partial charge on any atom is 0.251 e. The van der Waals surface area contributed by atoms with Crippen molar-refractivity contribution in [2.75, 3.05) is 11.9 Å². The van der Waals surface area contributed by atoms with Gasteiger partial charge < -0.3 is 14.8 Å². The summed E-state index contributed by atoms with van der Waals surface area (Å²) in [4.78, 5) is 38.8. The Hall–Kier alpha value is -2.57. The number of imide groups is 1. The van der Waals surface area contributed by atoms with Crippen LogP contribution < -0.4 is 14.8 Å². The molecule has 1 aromatic carbocycles. The quantitative estimate of drug-likeness (QED) is 0.764. The molecule has 30 heavy (non-hydrogen) atoms. The first kappa shape index (κ1) is 19.4. The summed E-state index contributed by atoms with van der Waals surface area (Å²) in [6.07, 6.45) is 8.81. The summed E-state index contributed by atoms with van der Waals surface area (Å²) >= 11 is 0. The molecule has 0 radical (unpaired) electrons. The van der Waals surface area contributed by atoms with Crippen molar-refractivity contribution in [1.29, 1.82) is 0 Å². The van der Waals surface area contributed by atoms with Crippen molar-refractivity contribution in [3.8, 4) is 11.5 Å². The summed E-state index contributed by atoms with van der Waals surface area (Å²) in [6.45, 7) is 0.143. The lowest BCUT2D eigenvalue weighted by Crippen LogP contribution is -2.40. The lowest BCUT2D eigenvalue weighted by atomic mass is 9.81. The van der Waals surface area contributed by atoms with Crippen molar-refractivity contribution in [3.63, 3.8) is 0 Å². The predicted octanol–water partition coefficient (Wildman–Crippen LogP) is 3.62. The summed E-state index contributed by atoms with van der Waals surface area (Å²) in [5.74, 6) is 0.0599. The van der Waals surface area contributed by atoms with E-state index >= 15 is 0 Å². The van der Waals surface area contributed by atoms with E-state index in [1.807, 2.05) is 6.07 Å².